The predicted molar refractivity (Wildman–Crippen MR) is 76.5 cm³/mol. The van der Waals surface area contributed by atoms with Gasteiger partial charge in [-0.05, 0) is 58.3 Å². The first-order valence-corrected chi connectivity index (χ1v) is 7.67. The van der Waals surface area contributed by atoms with Gasteiger partial charge in [0.15, 0.2) is 0 Å². The Morgan fingerprint density at radius 1 is 1.33 bits per heavy atom. The van der Waals surface area contributed by atoms with E-state index in [-0.39, 0.29) is 5.82 Å². The number of fused-ring (bicyclic) bond motifs is 1. The largest absolute Gasteiger partial charge is 0.383 e. The highest BCUT2D eigenvalue weighted by Gasteiger charge is 2.33. The molecule has 98 valence electrons. The van der Waals surface area contributed by atoms with E-state index in [4.69, 9.17) is 0 Å². The summed E-state index contributed by atoms with van der Waals surface area (Å²) in [6.07, 6.45) is 5.27. The number of nitrogens with one attached hydrogen (secondary N) is 1. The molecule has 3 unspecified atom stereocenters. The quantitative estimate of drug-likeness (QED) is 0.776. The van der Waals surface area contributed by atoms with Crippen LogP contribution >= 0.6 is 15.9 Å². The van der Waals surface area contributed by atoms with Gasteiger partial charge in [-0.25, -0.2) is 4.39 Å². The zero-order chi connectivity index (χ0) is 12.7. The summed E-state index contributed by atoms with van der Waals surface area (Å²) >= 11 is 3.46. The van der Waals surface area contributed by atoms with Crippen LogP contribution in [0.2, 0.25) is 0 Å². The summed E-state index contributed by atoms with van der Waals surface area (Å²) in [6.45, 7) is 3.31. The van der Waals surface area contributed by atoms with Gasteiger partial charge >= 0.3 is 0 Å². The minimum atomic E-state index is -0.127. The van der Waals surface area contributed by atoms with Crippen LogP contribution in [-0.2, 0) is 0 Å². The Morgan fingerprint density at radius 2 is 2.17 bits per heavy atom. The molecule has 0 saturated heterocycles. The number of hydrogen-bond donors (Lipinski definition) is 1. The molecular weight excluding hydrogens is 293 g/mol. The van der Waals surface area contributed by atoms with Gasteiger partial charge in [0.2, 0.25) is 0 Å². The van der Waals surface area contributed by atoms with Crippen LogP contribution in [0.1, 0.15) is 44.1 Å². The zero-order valence-corrected chi connectivity index (χ0v) is 12.3. The summed E-state index contributed by atoms with van der Waals surface area (Å²) in [4.78, 5) is 0. The summed E-state index contributed by atoms with van der Waals surface area (Å²) < 4.78 is 14.4. The molecule has 18 heavy (non-hydrogen) atoms. The van der Waals surface area contributed by atoms with Crippen LogP contribution in [-0.4, -0.2) is 6.54 Å². The third-order valence-corrected chi connectivity index (χ3v) is 5.16. The molecule has 3 rings (SSSR count). The van der Waals surface area contributed by atoms with Crippen LogP contribution in [0, 0.1) is 17.7 Å². The zero-order valence-electron chi connectivity index (χ0n) is 10.7. The second kappa shape index (κ2) is 4.84. The van der Waals surface area contributed by atoms with Gasteiger partial charge in [-0.15, -0.1) is 0 Å². The van der Waals surface area contributed by atoms with E-state index in [1.165, 1.54) is 31.2 Å². The normalized spacial score (nSPS) is 30.9. The first-order valence-electron chi connectivity index (χ1n) is 6.88. The van der Waals surface area contributed by atoms with Crippen LogP contribution in [0.5, 0.6) is 0 Å². The fourth-order valence-electron chi connectivity index (χ4n) is 3.66. The Bertz CT molecular complexity index is 460. The SMILES string of the molecule is CC1CCCC(C2CNc3c(Br)cc(F)cc32)C1. The van der Waals surface area contributed by atoms with Gasteiger partial charge in [0.05, 0.1) is 5.69 Å². The van der Waals surface area contributed by atoms with Gasteiger partial charge < -0.3 is 5.32 Å². The van der Waals surface area contributed by atoms with E-state index in [0.29, 0.717) is 5.92 Å². The van der Waals surface area contributed by atoms with Crippen molar-refractivity contribution in [2.75, 3.05) is 11.9 Å². The van der Waals surface area contributed by atoms with E-state index in [0.717, 1.165) is 28.5 Å². The summed E-state index contributed by atoms with van der Waals surface area (Å²) in [5.41, 5.74) is 2.29. The lowest BCUT2D eigenvalue weighted by Crippen LogP contribution is -2.21. The molecule has 2 aliphatic rings. The lowest BCUT2D eigenvalue weighted by molar-refractivity contribution is 0.253. The lowest BCUT2D eigenvalue weighted by atomic mass is 9.74. The van der Waals surface area contributed by atoms with Crippen LogP contribution in [0.15, 0.2) is 16.6 Å². The Morgan fingerprint density at radius 3 is 2.94 bits per heavy atom. The number of anilines is 1. The van der Waals surface area contributed by atoms with Gasteiger partial charge in [-0.1, -0.05) is 19.8 Å². The molecule has 3 atom stereocenters. The van der Waals surface area contributed by atoms with Gasteiger partial charge in [0.1, 0.15) is 5.82 Å². The van der Waals surface area contributed by atoms with Crippen molar-refractivity contribution < 1.29 is 4.39 Å². The van der Waals surface area contributed by atoms with Crippen molar-refractivity contribution in [3.63, 3.8) is 0 Å². The maximum Gasteiger partial charge on any atom is 0.124 e. The molecule has 1 nitrogen and oxygen atoms in total. The highest BCUT2D eigenvalue weighted by molar-refractivity contribution is 9.10. The number of benzene rings is 1. The number of halogens is 2. The fourth-order valence-corrected chi connectivity index (χ4v) is 4.25. The maximum atomic E-state index is 13.6. The molecule has 1 saturated carbocycles. The Kier molecular flexibility index (Phi) is 3.35. The Balaban J connectivity index is 1.90. The molecule has 0 bridgehead atoms. The topological polar surface area (TPSA) is 12.0 Å². The van der Waals surface area contributed by atoms with Gasteiger partial charge in [-0.3, -0.25) is 0 Å². The smallest absolute Gasteiger partial charge is 0.124 e. The summed E-state index contributed by atoms with van der Waals surface area (Å²) in [5, 5.41) is 3.44. The van der Waals surface area contributed by atoms with E-state index in [1.807, 2.05) is 0 Å². The van der Waals surface area contributed by atoms with Crippen molar-refractivity contribution in [3.05, 3.63) is 28.0 Å². The van der Waals surface area contributed by atoms with E-state index < -0.39 is 0 Å². The summed E-state index contributed by atoms with van der Waals surface area (Å²) in [5.74, 6) is 1.91. The van der Waals surface area contributed by atoms with Crippen molar-refractivity contribution in [2.45, 2.75) is 38.5 Å². The van der Waals surface area contributed by atoms with Crippen LogP contribution in [0.3, 0.4) is 0 Å². The average molecular weight is 312 g/mol. The van der Waals surface area contributed by atoms with Crippen LogP contribution in [0.4, 0.5) is 10.1 Å². The third kappa shape index (κ3) is 2.18. The summed E-state index contributed by atoms with van der Waals surface area (Å²) in [7, 11) is 0. The molecule has 1 N–H and O–H groups in total. The molecule has 1 fully saturated rings. The van der Waals surface area contributed by atoms with E-state index >= 15 is 0 Å². The molecular formula is C15H19BrFN. The molecule has 1 aromatic carbocycles. The molecule has 0 amide bonds. The number of hydrogen-bond acceptors (Lipinski definition) is 1. The lowest BCUT2D eigenvalue weighted by Gasteiger charge is -2.31. The maximum absolute atomic E-state index is 13.6. The minimum Gasteiger partial charge on any atom is -0.383 e. The van der Waals surface area contributed by atoms with Crippen LogP contribution in [0.25, 0.3) is 0 Å². The van der Waals surface area contributed by atoms with Crippen molar-refractivity contribution in [1.82, 2.24) is 0 Å². The minimum absolute atomic E-state index is 0.127. The van der Waals surface area contributed by atoms with Crippen molar-refractivity contribution >= 4 is 21.6 Å². The van der Waals surface area contributed by atoms with E-state index in [9.17, 15) is 4.39 Å². The van der Waals surface area contributed by atoms with Crippen molar-refractivity contribution in [3.8, 4) is 0 Å². The monoisotopic (exact) mass is 311 g/mol. The highest BCUT2D eigenvalue weighted by Crippen LogP contribution is 2.46. The molecule has 0 aromatic heterocycles. The van der Waals surface area contributed by atoms with Crippen LogP contribution < -0.4 is 5.32 Å². The van der Waals surface area contributed by atoms with Gasteiger partial charge in [0.25, 0.3) is 0 Å². The Labute approximate surface area is 116 Å². The average Bonchev–Trinajstić information content (AvgIpc) is 2.72. The molecule has 1 aromatic rings. The molecule has 1 heterocycles. The van der Waals surface area contributed by atoms with Crippen molar-refractivity contribution in [1.29, 1.82) is 0 Å². The second-order valence-electron chi connectivity index (χ2n) is 5.87. The highest BCUT2D eigenvalue weighted by atomic mass is 79.9. The third-order valence-electron chi connectivity index (χ3n) is 4.53. The first-order chi connectivity index (χ1) is 8.65. The van der Waals surface area contributed by atoms with Gasteiger partial charge in [-0.2, -0.15) is 0 Å². The molecule has 1 aliphatic carbocycles. The molecule has 0 radical (unpaired) electrons. The predicted octanol–water partition coefficient (Wildman–Crippen LogP) is 4.92. The van der Waals surface area contributed by atoms with Crippen molar-refractivity contribution in [2.24, 2.45) is 11.8 Å². The second-order valence-corrected chi connectivity index (χ2v) is 6.73. The van der Waals surface area contributed by atoms with Gasteiger partial charge in [0, 0.05) is 16.9 Å². The first kappa shape index (κ1) is 12.5. The standard InChI is InChI=1S/C15H19BrFN/c1-9-3-2-4-10(5-9)13-8-18-15-12(13)6-11(17)7-14(15)16/h6-7,9-10,13,18H,2-5,8H2,1H3. The molecule has 1 aliphatic heterocycles. The fraction of sp³-hybridized carbons (Fsp3) is 0.600. The summed E-state index contributed by atoms with van der Waals surface area (Å²) in [6, 6.07) is 3.28. The van der Waals surface area contributed by atoms with E-state index in [1.54, 1.807) is 12.1 Å². The molecule has 3 heteroatoms. The molecule has 0 spiro atoms. The Hall–Kier alpha value is -0.570. The van der Waals surface area contributed by atoms with E-state index in [2.05, 4.69) is 28.2 Å². The number of rotatable bonds is 1.